The van der Waals surface area contributed by atoms with Crippen molar-refractivity contribution in [3.8, 4) is 0 Å². The number of thioether (sulfide) groups is 1. The number of carbonyl (C=O) groups is 2. The van der Waals surface area contributed by atoms with E-state index in [1.807, 2.05) is 18.7 Å². The van der Waals surface area contributed by atoms with Crippen LogP contribution in [0.2, 0.25) is 0 Å². The molecule has 2 saturated heterocycles. The largest absolute Gasteiger partial charge is 0.481 e. The minimum atomic E-state index is -0.742. The highest BCUT2D eigenvalue weighted by atomic mass is 32.2. The van der Waals surface area contributed by atoms with E-state index in [-0.39, 0.29) is 11.9 Å². The van der Waals surface area contributed by atoms with Gasteiger partial charge < -0.3 is 15.3 Å². The molecule has 0 aromatic heterocycles. The van der Waals surface area contributed by atoms with Crippen molar-refractivity contribution in [2.45, 2.75) is 45.1 Å². The summed E-state index contributed by atoms with van der Waals surface area (Å²) in [6.45, 7) is 4.05. The predicted molar refractivity (Wildman–Crippen MR) is 84.5 cm³/mol. The molecule has 2 aliphatic heterocycles. The third-order valence-corrected chi connectivity index (χ3v) is 5.66. The SMILES string of the molecule is CCCC1(C(=O)O)CCCN(C(=O)CC2CSCCN2)C1. The normalized spacial score (nSPS) is 30.1. The monoisotopic (exact) mass is 314 g/mol. The summed E-state index contributed by atoms with van der Waals surface area (Å²) in [6, 6.07) is 0.239. The van der Waals surface area contributed by atoms with Gasteiger partial charge in [0.1, 0.15) is 0 Å². The van der Waals surface area contributed by atoms with E-state index in [0.29, 0.717) is 32.4 Å². The third kappa shape index (κ3) is 4.13. The third-order valence-electron chi connectivity index (χ3n) is 4.53. The van der Waals surface area contributed by atoms with E-state index in [9.17, 15) is 14.7 Å². The molecule has 0 saturated carbocycles. The molecule has 0 aromatic rings. The van der Waals surface area contributed by atoms with Gasteiger partial charge in [0.15, 0.2) is 0 Å². The lowest BCUT2D eigenvalue weighted by atomic mass is 9.76. The van der Waals surface area contributed by atoms with Crippen molar-refractivity contribution < 1.29 is 14.7 Å². The van der Waals surface area contributed by atoms with Crippen molar-refractivity contribution in [2.75, 3.05) is 31.1 Å². The van der Waals surface area contributed by atoms with Gasteiger partial charge in [0.25, 0.3) is 0 Å². The minimum absolute atomic E-state index is 0.108. The highest BCUT2D eigenvalue weighted by Gasteiger charge is 2.42. The van der Waals surface area contributed by atoms with E-state index in [1.165, 1.54) is 0 Å². The zero-order chi connectivity index (χ0) is 15.3. The molecule has 0 spiro atoms. The van der Waals surface area contributed by atoms with Crippen LogP contribution in [0.15, 0.2) is 0 Å². The molecular weight excluding hydrogens is 288 g/mol. The molecule has 120 valence electrons. The van der Waals surface area contributed by atoms with Gasteiger partial charge in [-0.15, -0.1) is 0 Å². The maximum absolute atomic E-state index is 12.5. The molecule has 2 N–H and O–H groups in total. The fourth-order valence-corrected chi connectivity index (χ4v) is 4.35. The van der Waals surface area contributed by atoms with E-state index in [4.69, 9.17) is 0 Å². The quantitative estimate of drug-likeness (QED) is 0.806. The number of nitrogens with one attached hydrogen (secondary N) is 1. The van der Waals surface area contributed by atoms with Gasteiger partial charge in [0.05, 0.1) is 5.41 Å². The number of nitrogens with zero attached hydrogens (tertiary/aromatic N) is 1. The van der Waals surface area contributed by atoms with Crippen LogP contribution in [0.25, 0.3) is 0 Å². The Bertz CT molecular complexity index is 381. The van der Waals surface area contributed by atoms with E-state index < -0.39 is 11.4 Å². The molecule has 0 aromatic carbocycles. The first kappa shape index (κ1) is 16.6. The highest BCUT2D eigenvalue weighted by molar-refractivity contribution is 7.99. The summed E-state index contributed by atoms with van der Waals surface area (Å²) in [6.07, 6.45) is 3.48. The molecular formula is C15H26N2O3S. The van der Waals surface area contributed by atoms with Crippen LogP contribution in [0.4, 0.5) is 0 Å². The van der Waals surface area contributed by atoms with Crippen LogP contribution in [0.3, 0.4) is 0 Å². The number of carboxylic acids is 1. The highest BCUT2D eigenvalue weighted by Crippen LogP contribution is 2.35. The molecule has 21 heavy (non-hydrogen) atoms. The van der Waals surface area contributed by atoms with Gasteiger partial charge in [0, 0.05) is 43.6 Å². The fraction of sp³-hybridized carbons (Fsp3) is 0.867. The smallest absolute Gasteiger partial charge is 0.311 e. The molecule has 2 atom stereocenters. The average Bonchev–Trinajstić information content (AvgIpc) is 2.48. The Balaban J connectivity index is 1.95. The van der Waals surface area contributed by atoms with Crippen LogP contribution in [-0.2, 0) is 9.59 Å². The lowest BCUT2D eigenvalue weighted by Crippen LogP contribution is -2.51. The second-order valence-electron chi connectivity index (χ2n) is 6.18. The summed E-state index contributed by atoms with van der Waals surface area (Å²) in [4.78, 5) is 25.9. The first-order valence-corrected chi connectivity index (χ1v) is 9.05. The summed E-state index contributed by atoms with van der Waals surface area (Å²) in [5, 5.41) is 13.0. The van der Waals surface area contributed by atoms with Crippen molar-refractivity contribution >= 4 is 23.6 Å². The Labute approximate surface area is 130 Å². The maximum Gasteiger partial charge on any atom is 0.311 e. The second-order valence-corrected chi connectivity index (χ2v) is 7.33. The van der Waals surface area contributed by atoms with Gasteiger partial charge in [-0.1, -0.05) is 13.3 Å². The molecule has 6 heteroatoms. The van der Waals surface area contributed by atoms with Crippen molar-refractivity contribution in [3.63, 3.8) is 0 Å². The Morgan fingerprint density at radius 3 is 2.90 bits per heavy atom. The van der Waals surface area contributed by atoms with Gasteiger partial charge in [0.2, 0.25) is 5.91 Å². The fourth-order valence-electron chi connectivity index (χ4n) is 3.40. The predicted octanol–water partition coefficient (Wildman–Crippen LogP) is 1.58. The van der Waals surface area contributed by atoms with Crippen molar-refractivity contribution in [1.29, 1.82) is 0 Å². The van der Waals surface area contributed by atoms with Gasteiger partial charge in [-0.2, -0.15) is 11.8 Å². The molecule has 2 rings (SSSR count). The number of aliphatic carboxylic acids is 1. The first-order valence-electron chi connectivity index (χ1n) is 7.90. The Kier molecular flexibility index (Phi) is 5.93. The van der Waals surface area contributed by atoms with Gasteiger partial charge in [-0.05, 0) is 19.3 Å². The van der Waals surface area contributed by atoms with Crippen LogP contribution >= 0.6 is 11.8 Å². The topological polar surface area (TPSA) is 69.6 Å². The Morgan fingerprint density at radius 1 is 1.48 bits per heavy atom. The standard InChI is InChI=1S/C15H26N2O3S/c1-2-4-15(14(19)20)5-3-7-17(11-15)13(18)9-12-10-21-8-6-16-12/h12,16H,2-11H2,1H3,(H,19,20). The number of carboxylic acid groups (broad SMARTS) is 1. The molecule has 0 radical (unpaired) electrons. The van der Waals surface area contributed by atoms with E-state index in [2.05, 4.69) is 5.32 Å². The number of carbonyl (C=O) groups excluding carboxylic acids is 1. The lowest BCUT2D eigenvalue weighted by Gasteiger charge is -2.40. The molecule has 5 nitrogen and oxygen atoms in total. The van der Waals surface area contributed by atoms with E-state index in [0.717, 1.165) is 30.9 Å². The zero-order valence-corrected chi connectivity index (χ0v) is 13.6. The molecule has 0 bridgehead atoms. The summed E-state index contributed by atoms with van der Waals surface area (Å²) >= 11 is 1.88. The molecule has 2 aliphatic rings. The maximum atomic E-state index is 12.5. The molecule has 2 unspecified atom stereocenters. The van der Waals surface area contributed by atoms with Gasteiger partial charge in [-0.25, -0.2) is 0 Å². The van der Waals surface area contributed by atoms with Crippen molar-refractivity contribution in [2.24, 2.45) is 5.41 Å². The van der Waals surface area contributed by atoms with E-state index >= 15 is 0 Å². The van der Waals surface area contributed by atoms with Gasteiger partial charge >= 0.3 is 5.97 Å². The number of piperidine rings is 1. The minimum Gasteiger partial charge on any atom is -0.481 e. The lowest BCUT2D eigenvalue weighted by molar-refractivity contribution is -0.155. The Morgan fingerprint density at radius 2 is 2.29 bits per heavy atom. The van der Waals surface area contributed by atoms with Crippen LogP contribution in [0.1, 0.15) is 39.0 Å². The average molecular weight is 314 g/mol. The van der Waals surface area contributed by atoms with Crippen LogP contribution in [0.5, 0.6) is 0 Å². The summed E-state index contributed by atoms with van der Waals surface area (Å²) < 4.78 is 0. The zero-order valence-electron chi connectivity index (χ0n) is 12.8. The molecule has 1 amide bonds. The summed E-state index contributed by atoms with van der Waals surface area (Å²) in [5.41, 5.74) is -0.725. The van der Waals surface area contributed by atoms with Crippen LogP contribution in [0, 0.1) is 5.41 Å². The van der Waals surface area contributed by atoms with Crippen LogP contribution < -0.4 is 5.32 Å². The first-order chi connectivity index (χ1) is 10.1. The number of rotatable bonds is 5. The van der Waals surface area contributed by atoms with Crippen LogP contribution in [-0.4, -0.2) is 59.1 Å². The summed E-state index contributed by atoms with van der Waals surface area (Å²) in [7, 11) is 0. The molecule has 0 aliphatic carbocycles. The van der Waals surface area contributed by atoms with Crippen molar-refractivity contribution in [3.05, 3.63) is 0 Å². The molecule has 2 heterocycles. The number of likely N-dealkylation sites (tertiary alicyclic amines) is 1. The number of amides is 1. The second kappa shape index (κ2) is 7.49. The Hall–Kier alpha value is -0.750. The van der Waals surface area contributed by atoms with Gasteiger partial charge in [-0.3, -0.25) is 9.59 Å². The van der Waals surface area contributed by atoms with Crippen molar-refractivity contribution in [1.82, 2.24) is 10.2 Å². The molecule has 2 fully saturated rings. The summed E-state index contributed by atoms with van der Waals surface area (Å²) in [5.74, 6) is 1.44. The van der Waals surface area contributed by atoms with E-state index in [1.54, 1.807) is 4.90 Å². The number of hydrogen-bond donors (Lipinski definition) is 2. The number of hydrogen-bond acceptors (Lipinski definition) is 4.